The summed E-state index contributed by atoms with van der Waals surface area (Å²) in [6.45, 7) is 0. The first kappa shape index (κ1) is 43.3. The number of benzene rings is 11. The molecule has 13 rings (SSSR count). The van der Waals surface area contributed by atoms with Crippen molar-refractivity contribution in [2.45, 2.75) is 30.6 Å². The van der Waals surface area contributed by atoms with Gasteiger partial charge in [0.25, 0.3) is 0 Å². The SMILES string of the molecule is c1ccc(-c2ccc(CC(CCc3ccc(-c4cccc5c4C(c4ccccc4)(c4ccc(-c6ccccc6)cc4)c4ccccc4-5)cc3)c3ccc(-c4cccc5c4oc4ccccc45)cc3)cc2)cc1. The molecule has 12 aromatic rings. The summed E-state index contributed by atoms with van der Waals surface area (Å²) in [4.78, 5) is 0. The quantitative estimate of drug-likeness (QED) is 0.119. The van der Waals surface area contributed by atoms with E-state index in [9.17, 15) is 0 Å². The van der Waals surface area contributed by atoms with E-state index in [0.717, 1.165) is 46.8 Å². The Hall–Kier alpha value is -8.78. The molecule has 0 saturated heterocycles. The van der Waals surface area contributed by atoms with E-state index in [4.69, 9.17) is 4.42 Å². The minimum Gasteiger partial charge on any atom is -0.455 e. The molecule has 1 nitrogen and oxygen atoms in total. The fourth-order valence-corrected chi connectivity index (χ4v) is 11.8. The second-order valence-corrected chi connectivity index (χ2v) is 19.4. The molecule has 2 unspecified atom stereocenters. The van der Waals surface area contributed by atoms with Crippen molar-refractivity contribution in [3.63, 3.8) is 0 Å². The van der Waals surface area contributed by atoms with Crippen LogP contribution in [-0.2, 0) is 18.3 Å². The van der Waals surface area contributed by atoms with Gasteiger partial charge in [0.2, 0.25) is 0 Å². The molecule has 2 atom stereocenters. The lowest BCUT2D eigenvalue weighted by Crippen LogP contribution is -2.29. The second-order valence-electron chi connectivity index (χ2n) is 19.4. The largest absolute Gasteiger partial charge is 0.455 e. The first-order chi connectivity index (χ1) is 35.7. The summed E-state index contributed by atoms with van der Waals surface area (Å²) in [7, 11) is 0. The molecule has 0 amide bonds. The van der Waals surface area contributed by atoms with E-state index in [0.29, 0.717) is 5.92 Å². The van der Waals surface area contributed by atoms with Crippen molar-refractivity contribution < 1.29 is 4.42 Å². The fraction of sp³-hybridized carbons (Fsp3) is 0.0704. The van der Waals surface area contributed by atoms with Crippen LogP contribution in [0.5, 0.6) is 0 Å². The summed E-state index contributed by atoms with van der Waals surface area (Å²) < 4.78 is 6.47. The third-order valence-electron chi connectivity index (χ3n) is 15.4. The van der Waals surface area contributed by atoms with Crippen LogP contribution in [0.4, 0.5) is 0 Å². The molecule has 1 heteroatoms. The average Bonchev–Trinajstić information content (AvgIpc) is 4.00. The number of hydrogen-bond acceptors (Lipinski definition) is 1. The number of rotatable bonds is 12. The molecule has 0 N–H and O–H groups in total. The summed E-state index contributed by atoms with van der Waals surface area (Å²) in [5.74, 6) is 0.318. The highest BCUT2D eigenvalue weighted by atomic mass is 16.3. The first-order valence-electron chi connectivity index (χ1n) is 25.4. The smallest absolute Gasteiger partial charge is 0.143 e. The zero-order chi connectivity index (χ0) is 47.8. The van der Waals surface area contributed by atoms with Crippen LogP contribution in [0, 0.1) is 0 Å². The van der Waals surface area contributed by atoms with Gasteiger partial charge in [-0.25, -0.2) is 0 Å². The Kier molecular flexibility index (Phi) is 11.1. The van der Waals surface area contributed by atoms with Gasteiger partial charge >= 0.3 is 0 Å². The van der Waals surface area contributed by atoms with Crippen LogP contribution < -0.4 is 0 Å². The van der Waals surface area contributed by atoms with Crippen LogP contribution in [0.25, 0.3) is 77.6 Å². The van der Waals surface area contributed by atoms with Gasteiger partial charge in [-0.1, -0.05) is 267 Å². The van der Waals surface area contributed by atoms with E-state index in [2.05, 4.69) is 267 Å². The Morgan fingerprint density at radius 1 is 0.333 bits per heavy atom. The molecule has 72 heavy (non-hydrogen) atoms. The predicted molar refractivity (Wildman–Crippen MR) is 300 cm³/mol. The minimum atomic E-state index is -0.516. The lowest BCUT2D eigenvalue weighted by Gasteiger charge is -2.35. The molecule has 1 aromatic heterocycles. The highest BCUT2D eigenvalue weighted by Gasteiger charge is 2.47. The normalized spacial score (nSPS) is 14.3. The molecule has 0 bridgehead atoms. The van der Waals surface area contributed by atoms with Gasteiger partial charge in [-0.05, 0) is 120 Å². The Bertz CT molecular complexity index is 3830. The van der Waals surface area contributed by atoms with Crippen LogP contribution in [0.3, 0.4) is 0 Å². The highest BCUT2D eigenvalue weighted by molar-refractivity contribution is 6.09. The molecule has 342 valence electrons. The minimum absolute atomic E-state index is 0.318. The number of aryl methyl sites for hydroxylation is 1. The number of hydrogen-bond donors (Lipinski definition) is 0. The third kappa shape index (κ3) is 7.66. The van der Waals surface area contributed by atoms with Crippen molar-refractivity contribution in [2.24, 2.45) is 0 Å². The first-order valence-corrected chi connectivity index (χ1v) is 25.4. The Labute approximate surface area is 422 Å². The van der Waals surface area contributed by atoms with E-state index < -0.39 is 5.41 Å². The Balaban J connectivity index is 0.837. The zero-order valence-electron chi connectivity index (χ0n) is 40.1. The molecule has 0 spiro atoms. The second kappa shape index (κ2) is 18.5. The fourth-order valence-electron chi connectivity index (χ4n) is 11.8. The highest BCUT2D eigenvalue weighted by Crippen LogP contribution is 2.58. The van der Waals surface area contributed by atoms with E-state index in [1.54, 1.807) is 0 Å². The number of fused-ring (bicyclic) bond motifs is 6. The van der Waals surface area contributed by atoms with Crippen molar-refractivity contribution in [1.29, 1.82) is 0 Å². The third-order valence-corrected chi connectivity index (χ3v) is 15.4. The molecular formula is C71H52O. The van der Waals surface area contributed by atoms with Crippen molar-refractivity contribution in [3.05, 3.63) is 312 Å². The molecule has 0 aliphatic heterocycles. The summed E-state index contributed by atoms with van der Waals surface area (Å²) >= 11 is 0. The van der Waals surface area contributed by atoms with Gasteiger partial charge in [-0.15, -0.1) is 0 Å². The lowest BCUT2D eigenvalue weighted by atomic mass is 9.66. The number of furan rings is 1. The summed E-state index contributed by atoms with van der Waals surface area (Å²) in [6, 6.07) is 101. The molecule has 0 saturated carbocycles. The standard InChI is InChI=1S/C71H52O/c1-4-16-51(17-5-1)53-35-33-50(34-36-53)48-58(55-40-42-57(43-41-55)62-25-15-27-66-64-23-11-13-29-68(64)72-70(62)66)39-32-49-30-37-56(38-31-49)61-24-14-26-65-63-22-10-12-28-67(63)71(69(61)65,59-20-8-3-9-21-59)60-46-44-54(45-47-60)52-18-6-2-7-19-52/h1-31,33-38,40-47,58H,32,39,48H2. The number of para-hydroxylation sites is 2. The molecule has 11 aromatic carbocycles. The van der Waals surface area contributed by atoms with Gasteiger partial charge in [-0.2, -0.15) is 0 Å². The summed E-state index contributed by atoms with van der Waals surface area (Å²) in [5.41, 5.74) is 22.9. The summed E-state index contributed by atoms with van der Waals surface area (Å²) in [6.07, 6.45) is 2.94. The monoisotopic (exact) mass is 920 g/mol. The van der Waals surface area contributed by atoms with Crippen molar-refractivity contribution in [3.8, 4) is 55.6 Å². The van der Waals surface area contributed by atoms with E-state index in [-0.39, 0.29) is 0 Å². The van der Waals surface area contributed by atoms with Gasteiger partial charge in [-0.3, -0.25) is 0 Å². The average molecular weight is 921 g/mol. The van der Waals surface area contributed by atoms with Crippen LogP contribution in [0.1, 0.15) is 51.3 Å². The predicted octanol–water partition coefficient (Wildman–Crippen LogP) is 18.6. The van der Waals surface area contributed by atoms with Gasteiger partial charge < -0.3 is 4.42 Å². The van der Waals surface area contributed by atoms with Gasteiger partial charge in [0, 0.05) is 16.3 Å². The van der Waals surface area contributed by atoms with E-state index >= 15 is 0 Å². The maximum absolute atomic E-state index is 6.47. The van der Waals surface area contributed by atoms with Crippen LogP contribution in [-0.4, -0.2) is 0 Å². The summed E-state index contributed by atoms with van der Waals surface area (Å²) in [5, 5.41) is 2.31. The van der Waals surface area contributed by atoms with Crippen LogP contribution >= 0.6 is 0 Å². The van der Waals surface area contributed by atoms with Crippen LogP contribution in [0.2, 0.25) is 0 Å². The zero-order valence-corrected chi connectivity index (χ0v) is 40.1. The van der Waals surface area contributed by atoms with Crippen LogP contribution in [0.15, 0.2) is 277 Å². The van der Waals surface area contributed by atoms with Gasteiger partial charge in [0.1, 0.15) is 11.2 Å². The van der Waals surface area contributed by atoms with Crippen molar-refractivity contribution in [2.75, 3.05) is 0 Å². The lowest BCUT2D eigenvalue weighted by molar-refractivity contribution is 0.621. The van der Waals surface area contributed by atoms with Crippen molar-refractivity contribution >= 4 is 21.9 Å². The maximum Gasteiger partial charge on any atom is 0.143 e. The molecule has 0 fully saturated rings. The molecule has 1 aliphatic rings. The van der Waals surface area contributed by atoms with E-state index in [1.165, 1.54) is 89.0 Å². The molecule has 0 radical (unpaired) electrons. The maximum atomic E-state index is 6.47. The Morgan fingerprint density at radius 2 is 0.819 bits per heavy atom. The van der Waals surface area contributed by atoms with E-state index in [1.807, 2.05) is 6.07 Å². The Morgan fingerprint density at radius 3 is 1.54 bits per heavy atom. The van der Waals surface area contributed by atoms with Gasteiger partial charge in [0.15, 0.2) is 0 Å². The molecular weight excluding hydrogens is 869 g/mol. The molecule has 1 heterocycles. The van der Waals surface area contributed by atoms with Crippen molar-refractivity contribution in [1.82, 2.24) is 0 Å². The van der Waals surface area contributed by atoms with Gasteiger partial charge in [0.05, 0.1) is 5.41 Å². The molecule has 1 aliphatic carbocycles. The topological polar surface area (TPSA) is 13.1 Å².